The van der Waals surface area contributed by atoms with Crippen LogP contribution in [0.25, 0.3) is 16.6 Å². The first-order chi connectivity index (χ1) is 16.5. The summed E-state index contributed by atoms with van der Waals surface area (Å²) in [5.41, 5.74) is 1.04. The Hall–Kier alpha value is -3.85. The first kappa shape index (κ1) is 22.0. The Balaban J connectivity index is 1.39. The molecule has 1 atom stereocenters. The SMILES string of the molecule is CC(NC(=O)CSc1nc2ccccc2c(=O)n1-c1ccccc1F)c1ccc2c(c1)OCO2. The molecule has 0 fully saturated rings. The number of fused-ring (bicyclic) bond motifs is 2. The number of carbonyl (C=O) groups excluding carboxylic acids is 1. The van der Waals surface area contributed by atoms with Crippen LogP contribution in [0.5, 0.6) is 11.5 Å². The largest absolute Gasteiger partial charge is 0.454 e. The number of ether oxygens (including phenoxy) is 2. The molecule has 4 aromatic rings. The summed E-state index contributed by atoms with van der Waals surface area (Å²) in [7, 11) is 0. The van der Waals surface area contributed by atoms with Crippen LogP contribution in [0.15, 0.2) is 76.7 Å². The van der Waals surface area contributed by atoms with E-state index in [1.807, 2.05) is 19.1 Å². The van der Waals surface area contributed by atoms with Crippen molar-refractivity contribution < 1.29 is 18.7 Å². The molecule has 5 rings (SSSR count). The third kappa shape index (κ3) is 4.22. The fourth-order valence-electron chi connectivity index (χ4n) is 3.73. The monoisotopic (exact) mass is 477 g/mol. The van der Waals surface area contributed by atoms with E-state index in [1.54, 1.807) is 42.5 Å². The normalized spacial score (nSPS) is 13.1. The van der Waals surface area contributed by atoms with Crippen molar-refractivity contribution in [2.75, 3.05) is 12.5 Å². The van der Waals surface area contributed by atoms with E-state index in [2.05, 4.69) is 10.3 Å². The number of rotatable bonds is 6. The highest BCUT2D eigenvalue weighted by Crippen LogP contribution is 2.34. The van der Waals surface area contributed by atoms with Gasteiger partial charge in [-0.2, -0.15) is 0 Å². The summed E-state index contributed by atoms with van der Waals surface area (Å²) in [6, 6.07) is 18.1. The van der Waals surface area contributed by atoms with Gasteiger partial charge in [-0.25, -0.2) is 9.37 Å². The molecule has 7 nitrogen and oxygen atoms in total. The van der Waals surface area contributed by atoms with E-state index in [1.165, 1.54) is 16.7 Å². The summed E-state index contributed by atoms with van der Waals surface area (Å²) in [5, 5.41) is 3.54. The number of aromatic nitrogens is 2. The zero-order chi connectivity index (χ0) is 23.7. The number of halogens is 1. The molecule has 1 unspecified atom stereocenters. The van der Waals surface area contributed by atoms with E-state index in [0.29, 0.717) is 22.4 Å². The minimum atomic E-state index is -0.551. The van der Waals surface area contributed by atoms with Gasteiger partial charge in [-0.05, 0) is 48.9 Å². The first-order valence-electron chi connectivity index (χ1n) is 10.6. The van der Waals surface area contributed by atoms with E-state index < -0.39 is 11.4 Å². The van der Waals surface area contributed by atoms with Crippen LogP contribution in [0.3, 0.4) is 0 Å². The number of para-hydroxylation sites is 2. The summed E-state index contributed by atoms with van der Waals surface area (Å²) in [4.78, 5) is 30.5. The van der Waals surface area contributed by atoms with Crippen LogP contribution in [-0.4, -0.2) is 28.0 Å². The fraction of sp³-hybridized carbons (Fsp3) is 0.160. The van der Waals surface area contributed by atoms with Gasteiger partial charge in [0.05, 0.1) is 28.4 Å². The lowest BCUT2D eigenvalue weighted by molar-refractivity contribution is -0.119. The van der Waals surface area contributed by atoms with Crippen LogP contribution in [0.2, 0.25) is 0 Å². The molecule has 0 bridgehead atoms. The van der Waals surface area contributed by atoms with Gasteiger partial charge in [0.1, 0.15) is 5.82 Å². The van der Waals surface area contributed by atoms with E-state index in [-0.39, 0.29) is 35.3 Å². The van der Waals surface area contributed by atoms with Crippen LogP contribution >= 0.6 is 11.8 Å². The molecule has 2 heterocycles. The molecule has 1 aliphatic rings. The smallest absolute Gasteiger partial charge is 0.266 e. The highest BCUT2D eigenvalue weighted by Gasteiger charge is 2.19. The number of amides is 1. The van der Waals surface area contributed by atoms with Gasteiger partial charge in [-0.1, -0.05) is 42.1 Å². The Bertz CT molecular complexity index is 1460. The van der Waals surface area contributed by atoms with Crippen molar-refractivity contribution in [3.8, 4) is 17.2 Å². The molecule has 34 heavy (non-hydrogen) atoms. The number of thioether (sulfide) groups is 1. The Labute approximate surface area is 198 Å². The maximum Gasteiger partial charge on any atom is 0.266 e. The molecule has 1 amide bonds. The van der Waals surface area contributed by atoms with Gasteiger partial charge in [0.15, 0.2) is 16.7 Å². The van der Waals surface area contributed by atoms with Crippen LogP contribution in [0, 0.1) is 5.82 Å². The Morgan fingerprint density at radius 3 is 2.74 bits per heavy atom. The van der Waals surface area contributed by atoms with Crippen LogP contribution in [-0.2, 0) is 4.79 Å². The number of nitrogens with zero attached hydrogens (tertiary/aromatic N) is 2. The second-order valence-electron chi connectivity index (χ2n) is 7.69. The standard InChI is InChI=1S/C25H20FN3O4S/c1-15(16-10-11-21-22(12-16)33-14-32-21)27-23(30)13-34-25-28-19-8-4-2-6-17(19)24(31)29(25)20-9-5-3-7-18(20)26/h2-12,15H,13-14H2,1H3,(H,27,30). The summed E-state index contributed by atoms with van der Waals surface area (Å²) >= 11 is 1.07. The molecule has 9 heteroatoms. The maximum absolute atomic E-state index is 14.6. The van der Waals surface area contributed by atoms with Crippen molar-refractivity contribution in [3.63, 3.8) is 0 Å². The summed E-state index contributed by atoms with van der Waals surface area (Å²) in [5.74, 6) is 0.504. The minimum Gasteiger partial charge on any atom is -0.454 e. The molecular formula is C25H20FN3O4S. The molecule has 0 saturated carbocycles. The van der Waals surface area contributed by atoms with E-state index >= 15 is 0 Å². The molecule has 1 aliphatic heterocycles. The van der Waals surface area contributed by atoms with Gasteiger partial charge >= 0.3 is 0 Å². The Kier molecular flexibility index (Phi) is 5.93. The molecule has 0 spiro atoms. The highest BCUT2D eigenvalue weighted by molar-refractivity contribution is 7.99. The van der Waals surface area contributed by atoms with E-state index in [9.17, 15) is 14.0 Å². The van der Waals surface area contributed by atoms with Gasteiger partial charge in [-0.15, -0.1) is 0 Å². The predicted molar refractivity (Wildman–Crippen MR) is 127 cm³/mol. The summed E-state index contributed by atoms with van der Waals surface area (Å²) in [6.45, 7) is 2.04. The maximum atomic E-state index is 14.6. The van der Waals surface area contributed by atoms with E-state index in [4.69, 9.17) is 9.47 Å². The van der Waals surface area contributed by atoms with Gasteiger partial charge in [0.25, 0.3) is 5.56 Å². The van der Waals surface area contributed by atoms with Crippen molar-refractivity contribution in [1.82, 2.24) is 14.9 Å². The molecule has 3 aromatic carbocycles. The van der Waals surface area contributed by atoms with Crippen LogP contribution < -0.4 is 20.3 Å². The topological polar surface area (TPSA) is 82.5 Å². The van der Waals surface area contributed by atoms with Crippen molar-refractivity contribution in [2.45, 2.75) is 18.1 Å². The van der Waals surface area contributed by atoms with Crippen LogP contribution in [0.4, 0.5) is 4.39 Å². The zero-order valence-corrected chi connectivity index (χ0v) is 19.0. The predicted octanol–water partition coefficient (Wildman–Crippen LogP) is 4.22. The number of hydrogen-bond acceptors (Lipinski definition) is 6. The molecular weight excluding hydrogens is 457 g/mol. The third-order valence-corrected chi connectivity index (χ3v) is 6.38. The van der Waals surface area contributed by atoms with Crippen molar-refractivity contribution >= 4 is 28.6 Å². The third-order valence-electron chi connectivity index (χ3n) is 5.44. The molecule has 0 saturated heterocycles. The Morgan fingerprint density at radius 2 is 1.88 bits per heavy atom. The van der Waals surface area contributed by atoms with Crippen LogP contribution in [0.1, 0.15) is 18.5 Å². The van der Waals surface area contributed by atoms with Gasteiger partial charge < -0.3 is 14.8 Å². The molecule has 1 aromatic heterocycles. The number of nitrogens with one attached hydrogen (secondary N) is 1. The van der Waals surface area contributed by atoms with Crippen molar-refractivity contribution in [1.29, 1.82) is 0 Å². The van der Waals surface area contributed by atoms with Crippen molar-refractivity contribution in [3.05, 3.63) is 88.5 Å². The number of benzene rings is 3. The Morgan fingerprint density at radius 1 is 1.12 bits per heavy atom. The quantitative estimate of drug-likeness (QED) is 0.331. The number of carbonyl (C=O) groups is 1. The van der Waals surface area contributed by atoms with Gasteiger partial charge in [0.2, 0.25) is 12.7 Å². The van der Waals surface area contributed by atoms with E-state index in [0.717, 1.165) is 17.3 Å². The second-order valence-corrected chi connectivity index (χ2v) is 8.64. The average molecular weight is 478 g/mol. The average Bonchev–Trinajstić information content (AvgIpc) is 3.32. The lowest BCUT2D eigenvalue weighted by atomic mass is 10.1. The first-order valence-corrected chi connectivity index (χ1v) is 11.6. The van der Waals surface area contributed by atoms with Gasteiger partial charge in [-0.3, -0.25) is 14.2 Å². The summed E-state index contributed by atoms with van der Waals surface area (Å²) in [6.07, 6.45) is 0. The molecule has 0 radical (unpaired) electrons. The molecule has 172 valence electrons. The fourth-order valence-corrected chi connectivity index (χ4v) is 4.55. The summed E-state index contributed by atoms with van der Waals surface area (Å²) < 4.78 is 26.5. The number of hydrogen-bond donors (Lipinski definition) is 1. The zero-order valence-electron chi connectivity index (χ0n) is 18.2. The lowest BCUT2D eigenvalue weighted by Crippen LogP contribution is -2.29. The molecule has 0 aliphatic carbocycles. The molecule has 1 N–H and O–H groups in total. The minimum absolute atomic E-state index is 0.00583. The lowest BCUT2D eigenvalue weighted by Gasteiger charge is -2.16. The van der Waals surface area contributed by atoms with Crippen molar-refractivity contribution in [2.24, 2.45) is 0 Å². The van der Waals surface area contributed by atoms with Gasteiger partial charge in [0, 0.05) is 0 Å². The second kappa shape index (κ2) is 9.18. The highest BCUT2D eigenvalue weighted by atomic mass is 32.2.